The summed E-state index contributed by atoms with van der Waals surface area (Å²) < 4.78 is 6.58. The van der Waals surface area contributed by atoms with Crippen LogP contribution < -0.4 is 5.73 Å². The van der Waals surface area contributed by atoms with Crippen molar-refractivity contribution >= 4 is 6.29 Å². The van der Waals surface area contributed by atoms with Gasteiger partial charge < -0.3 is 30.3 Å². The Morgan fingerprint density at radius 1 is 1.54 bits per heavy atom. The monoisotopic (exact) mass is 196 g/mol. The van der Waals surface area contributed by atoms with Gasteiger partial charge in [-0.05, 0) is 0 Å². The highest BCUT2D eigenvalue weighted by Crippen LogP contribution is 2.09. The minimum Gasteiger partial charge on any atom is -0.392 e. The van der Waals surface area contributed by atoms with Crippen molar-refractivity contribution in [1.29, 1.82) is 0 Å². The van der Waals surface area contributed by atoms with Crippen molar-refractivity contribution < 1.29 is 31.7 Å². The lowest BCUT2D eigenvalue weighted by molar-refractivity contribution is -0.166. The zero-order chi connectivity index (χ0) is 11.4. The van der Waals surface area contributed by atoms with E-state index in [1.165, 1.54) is 5.73 Å². The Labute approximate surface area is 75.5 Å². The zero-order valence-corrected chi connectivity index (χ0v) is 6.66. The van der Waals surface area contributed by atoms with Gasteiger partial charge in [0.15, 0.2) is 12.0 Å². The maximum absolute atomic E-state index is 10.0. The zero-order valence-electron chi connectivity index (χ0n) is 7.66. The summed E-state index contributed by atoms with van der Waals surface area (Å²) in [6.07, 6.45) is -6.03. The van der Waals surface area contributed by atoms with Crippen LogP contribution in [0.15, 0.2) is 0 Å². The van der Waals surface area contributed by atoms with Crippen molar-refractivity contribution in [3.63, 3.8) is 0 Å². The fraction of sp³-hybridized carbons (Fsp3) is 0.833. The Morgan fingerprint density at radius 3 is 2.38 bits per heavy atom. The normalized spacial score (nSPS) is 23.9. The summed E-state index contributed by atoms with van der Waals surface area (Å²) in [4.78, 5) is 10.0. The van der Waals surface area contributed by atoms with Gasteiger partial charge in [-0.15, -0.1) is 0 Å². The Kier molecular flexibility index (Phi) is 3.72. The fourth-order valence-corrected chi connectivity index (χ4v) is 0.643. The standard InChI is InChI=1S/C6H13NO6/c7-6(13,2-9)5(12)4(11)3(10)1-8/h1,3-5,9-13H,2,7H2/t3-,4+,5-,6+/m0/s1/i/hD. The molecule has 0 rings (SSSR count). The van der Waals surface area contributed by atoms with Crippen LogP contribution in [0.1, 0.15) is 0 Å². The summed E-state index contributed by atoms with van der Waals surface area (Å²) in [5.74, 6) is 0. The lowest BCUT2D eigenvalue weighted by atomic mass is 9.99. The van der Waals surface area contributed by atoms with E-state index >= 15 is 0 Å². The largest absolute Gasteiger partial charge is 0.392 e. The van der Waals surface area contributed by atoms with Crippen molar-refractivity contribution in [1.82, 2.24) is 0 Å². The minimum atomic E-state index is -2.50. The van der Waals surface area contributed by atoms with Crippen LogP contribution >= 0.6 is 0 Å². The second-order valence-corrected chi connectivity index (χ2v) is 2.64. The summed E-state index contributed by atoms with van der Waals surface area (Å²) in [6, 6.07) is 0. The molecule has 0 aliphatic rings. The third-order valence-electron chi connectivity index (χ3n) is 1.54. The number of rotatable bonds is 6. The number of carbonyl (C=O) groups excluding carboxylic acids is 1. The van der Waals surface area contributed by atoms with E-state index in [0.717, 1.165) is 0 Å². The van der Waals surface area contributed by atoms with Crippen LogP contribution in [-0.4, -0.2) is 62.5 Å². The maximum atomic E-state index is 10.0. The number of aldehydes is 1. The average molecular weight is 196 g/mol. The molecule has 0 saturated heterocycles. The van der Waals surface area contributed by atoms with Gasteiger partial charge in [0, 0.05) is 0 Å². The quantitative estimate of drug-likeness (QED) is 0.187. The molecule has 7 N–H and O–H groups in total. The lowest BCUT2D eigenvalue weighted by Gasteiger charge is -2.30. The first-order chi connectivity index (χ1) is 6.42. The molecule has 0 heterocycles. The van der Waals surface area contributed by atoms with Crippen molar-refractivity contribution in [2.24, 2.45) is 5.73 Å². The SMILES string of the molecule is [2H]N[C@@](O)(CO)[C@@H](O)[C@H](O)[C@@H](O)C=O. The summed E-state index contributed by atoms with van der Waals surface area (Å²) >= 11 is 0. The molecule has 0 fully saturated rings. The third-order valence-corrected chi connectivity index (χ3v) is 1.54. The van der Waals surface area contributed by atoms with Crippen LogP contribution in [0, 0.1) is 0 Å². The molecule has 0 spiro atoms. The van der Waals surface area contributed by atoms with Gasteiger partial charge in [0.05, 0.1) is 6.61 Å². The van der Waals surface area contributed by atoms with E-state index in [1.807, 2.05) is 0 Å². The Balaban J connectivity index is 4.57. The second kappa shape index (κ2) is 4.61. The number of hydrogen-bond acceptors (Lipinski definition) is 7. The number of aliphatic hydroxyl groups is 5. The highest BCUT2D eigenvalue weighted by molar-refractivity contribution is 5.56. The molecule has 0 amide bonds. The molecule has 7 nitrogen and oxygen atoms in total. The molecule has 0 bridgehead atoms. The maximum Gasteiger partial charge on any atom is 0.165 e. The molecular formula is C6H13NO6. The van der Waals surface area contributed by atoms with Crippen LogP contribution in [-0.2, 0) is 4.79 Å². The molecule has 0 saturated carbocycles. The van der Waals surface area contributed by atoms with Crippen LogP contribution in [0.25, 0.3) is 0 Å². The smallest absolute Gasteiger partial charge is 0.165 e. The summed E-state index contributed by atoms with van der Waals surface area (Å²) in [5.41, 5.74) is -1.09. The van der Waals surface area contributed by atoms with Crippen molar-refractivity contribution in [2.75, 3.05) is 6.61 Å². The summed E-state index contributed by atoms with van der Waals surface area (Å²) in [5, 5.41) is 44.8. The minimum absolute atomic E-state index is 0.0460. The number of nitrogens with two attached hydrogens (primary N) is 1. The molecule has 0 aliphatic heterocycles. The highest BCUT2D eigenvalue weighted by atomic mass is 16.4. The van der Waals surface area contributed by atoms with Gasteiger partial charge >= 0.3 is 0 Å². The van der Waals surface area contributed by atoms with Gasteiger partial charge in [-0.2, -0.15) is 0 Å². The van der Waals surface area contributed by atoms with E-state index in [1.54, 1.807) is 0 Å². The van der Waals surface area contributed by atoms with Crippen molar-refractivity contribution in [3.8, 4) is 0 Å². The first-order valence-corrected chi connectivity index (χ1v) is 3.44. The van der Waals surface area contributed by atoms with Crippen LogP contribution in [0.5, 0.6) is 0 Å². The average Bonchev–Trinajstić information content (AvgIpc) is 2.24. The van der Waals surface area contributed by atoms with E-state index < -0.39 is 30.6 Å². The van der Waals surface area contributed by atoms with Gasteiger partial charge in [0.1, 0.15) is 19.7 Å². The van der Waals surface area contributed by atoms with Gasteiger partial charge in [0.25, 0.3) is 0 Å². The molecule has 0 aromatic heterocycles. The predicted molar refractivity (Wildman–Crippen MR) is 40.3 cm³/mol. The Hall–Kier alpha value is -0.570. The first kappa shape index (κ1) is 10.5. The molecule has 4 atom stereocenters. The third kappa shape index (κ3) is 2.99. The molecule has 7 heteroatoms. The number of carbonyl (C=O) groups is 1. The van der Waals surface area contributed by atoms with Crippen LogP contribution in [0.3, 0.4) is 0 Å². The van der Waals surface area contributed by atoms with Crippen LogP contribution in [0.2, 0.25) is 1.41 Å². The van der Waals surface area contributed by atoms with Gasteiger partial charge in [-0.3, -0.25) is 5.73 Å². The Bertz CT molecular complexity index is 187. The van der Waals surface area contributed by atoms with Crippen molar-refractivity contribution in [3.05, 3.63) is 0 Å². The van der Waals surface area contributed by atoms with Gasteiger partial charge in [-0.1, -0.05) is 0 Å². The predicted octanol–water partition coefficient (Wildman–Crippen LogP) is -4.09. The second-order valence-electron chi connectivity index (χ2n) is 2.64. The van der Waals surface area contributed by atoms with Gasteiger partial charge in [0.2, 0.25) is 0 Å². The van der Waals surface area contributed by atoms with E-state index in [4.69, 9.17) is 16.7 Å². The lowest BCUT2D eigenvalue weighted by Crippen LogP contribution is -2.60. The van der Waals surface area contributed by atoms with E-state index in [9.17, 15) is 15.0 Å². The topological polar surface area (TPSA) is 144 Å². The Morgan fingerprint density at radius 2 is 2.08 bits per heavy atom. The fourth-order valence-electron chi connectivity index (χ4n) is 0.643. The van der Waals surface area contributed by atoms with E-state index in [2.05, 4.69) is 0 Å². The van der Waals surface area contributed by atoms with Crippen molar-refractivity contribution in [2.45, 2.75) is 24.0 Å². The number of aliphatic hydroxyl groups excluding tert-OH is 4. The summed E-state index contributed by atoms with van der Waals surface area (Å²) in [7, 11) is 0. The molecule has 0 aromatic carbocycles. The number of hydrogen-bond donors (Lipinski definition) is 6. The van der Waals surface area contributed by atoms with E-state index in [-0.39, 0.29) is 6.29 Å². The molecule has 0 unspecified atom stereocenters. The molecular weight excluding hydrogens is 182 g/mol. The first-order valence-electron chi connectivity index (χ1n) is 3.94. The van der Waals surface area contributed by atoms with Gasteiger partial charge in [-0.25, -0.2) is 0 Å². The molecule has 0 aromatic rings. The van der Waals surface area contributed by atoms with Crippen LogP contribution in [0.4, 0.5) is 0 Å². The molecule has 0 radical (unpaired) electrons. The molecule has 78 valence electrons. The van der Waals surface area contributed by atoms with E-state index in [0.29, 0.717) is 0 Å². The molecule has 13 heavy (non-hydrogen) atoms. The highest BCUT2D eigenvalue weighted by Gasteiger charge is 2.39. The summed E-state index contributed by atoms with van der Waals surface area (Å²) in [6.45, 7) is -1.07. The molecule has 0 aliphatic carbocycles.